The van der Waals surface area contributed by atoms with Crippen molar-refractivity contribution in [3.05, 3.63) is 111 Å². The van der Waals surface area contributed by atoms with Gasteiger partial charge >= 0.3 is 210 Å². The molecule has 1 atom stereocenters. The molecule has 2 amide bonds. The fourth-order valence-electron chi connectivity index (χ4n) is 7.27. The van der Waals surface area contributed by atoms with E-state index in [0.717, 1.165) is 60.2 Å². The Morgan fingerprint density at radius 2 is 1.89 bits per heavy atom. The molecule has 0 radical (unpaired) electrons. The number of ether oxygens (including phenoxy) is 1. The van der Waals surface area contributed by atoms with E-state index in [-0.39, 0.29) is 23.7 Å². The van der Waals surface area contributed by atoms with Crippen molar-refractivity contribution in [3.63, 3.8) is 0 Å². The molecule has 2 fully saturated rings. The molecule has 3 aliphatic rings. The summed E-state index contributed by atoms with van der Waals surface area (Å²) in [5.41, 5.74) is 5.30. The van der Waals surface area contributed by atoms with E-state index in [1.807, 2.05) is 41.2 Å². The number of aromatic nitrogens is 2. The predicted molar refractivity (Wildman–Crippen MR) is 191 cm³/mol. The molecule has 1 N–H and O–H groups in total. The van der Waals surface area contributed by atoms with Crippen LogP contribution in [0.15, 0.2) is 79.1 Å². The van der Waals surface area contributed by atoms with Crippen LogP contribution >= 0.6 is 19.8 Å². The third-order valence-electron chi connectivity index (χ3n) is 10.1. The molecule has 1 unspecified atom stereocenters. The molecule has 3 aromatic carbocycles. The molecule has 2 aliphatic heterocycles. The van der Waals surface area contributed by atoms with Crippen LogP contribution in [0.4, 0.5) is 14.9 Å². The topological polar surface area (TPSA) is 76.5 Å². The van der Waals surface area contributed by atoms with E-state index in [1.54, 1.807) is 22.9 Å². The summed E-state index contributed by atoms with van der Waals surface area (Å²) in [5, 5.41) is 7.54. The second-order valence-corrected chi connectivity index (χ2v) is 19.1. The van der Waals surface area contributed by atoms with E-state index in [2.05, 4.69) is 35.5 Å². The average molecular weight is 749 g/mol. The predicted octanol–water partition coefficient (Wildman–Crippen LogP) is 8.25. The summed E-state index contributed by atoms with van der Waals surface area (Å²) < 4.78 is 26.4. The molecule has 9 heteroatoms. The zero-order chi connectivity index (χ0) is 32.5. The summed E-state index contributed by atoms with van der Waals surface area (Å²) >= 11 is -0.998. The Balaban J connectivity index is 1.00. The van der Waals surface area contributed by atoms with Crippen LogP contribution in [0.5, 0.6) is 0 Å². The zero-order valence-corrected chi connectivity index (χ0v) is 29.2. The Labute approximate surface area is 283 Å². The van der Waals surface area contributed by atoms with Crippen LogP contribution in [-0.2, 0) is 21.7 Å². The van der Waals surface area contributed by atoms with E-state index in [1.165, 1.54) is 31.5 Å². The van der Waals surface area contributed by atoms with E-state index in [4.69, 9.17) is 4.74 Å². The van der Waals surface area contributed by atoms with Crippen molar-refractivity contribution in [2.75, 3.05) is 20.8 Å². The summed E-state index contributed by atoms with van der Waals surface area (Å²) in [6.07, 6.45) is 9.21. The second kappa shape index (κ2) is 13.4. The third-order valence-corrected chi connectivity index (χ3v) is 15.1. The van der Waals surface area contributed by atoms with Gasteiger partial charge in [0.15, 0.2) is 0 Å². The van der Waals surface area contributed by atoms with Gasteiger partial charge in [0.05, 0.1) is 5.69 Å². The van der Waals surface area contributed by atoms with Crippen LogP contribution in [0.25, 0.3) is 5.69 Å². The van der Waals surface area contributed by atoms with Crippen LogP contribution in [0.3, 0.4) is 0 Å². The van der Waals surface area contributed by atoms with Crippen molar-refractivity contribution >= 4 is 37.5 Å². The number of anilines is 1. The number of carbonyl (C=O) groups is 2. The first-order chi connectivity index (χ1) is 22.8. The summed E-state index contributed by atoms with van der Waals surface area (Å²) in [6.45, 7) is 2.69. The van der Waals surface area contributed by atoms with Crippen molar-refractivity contribution in [2.45, 2.75) is 69.9 Å². The first kappa shape index (κ1) is 31.8. The third kappa shape index (κ3) is 6.82. The van der Waals surface area contributed by atoms with E-state index < -0.39 is 25.4 Å². The molecule has 7 nitrogen and oxygen atoms in total. The fraction of sp³-hybridized carbons (Fsp3) is 0.395. The van der Waals surface area contributed by atoms with Gasteiger partial charge in [0, 0.05) is 19.4 Å². The summed E-state index contributed by atoms with van der Waals surface area (Å²) in [6, 6.07) is 21.4. The number of nitrogens with zero attached hydrogens (tertiary/aromatic N) is 3. The number of fused-ring (bicyclic) bond motifs is 2. The molecule has 1 aromatic heterocycles. The fourth-order valence-corrected chi connectivity index (χ4v) is 12.2. The molecule has 246 valence electrons. The van der Waals surface area contributed by atoms with E-state index in [9.17, 15) is 14.0 Å². The Bertz CT molecular complexity index is 1750. The molecule has 1 spiro atoms. The van der Waals surface area contributed by atoms with Gasteiger partial charge in [-0.1, -0.05) is 0 Å². The number of benzene rings is 3. The number of hydrogen-bond acceptors (Lipinski definition) is 4. The van der Waals surface area contributed by atoms with Crippen LogP contribution in [0.1, 0.15) is 73.1 Å². The average Bonchev–Trinajstić information content (AvgIpc) is 3.78. The van der Waals surface area contributed by atoms with Crippen molar-refractivity contribution < 1.29 is 18.7 Å². The number of aryl methyl sites for hydroxylation is 1. The summed E-state index contributed by atoms with van der Waals surface area (Å²) in [5.74, 6) is 0.0423. The van der Waals surface area contributed by atoms with Gasteiger partial charge in [-0.25, -0.2) is 9.18 Å². The van der Waals surface area contributed by atoms with Crippen molar-refractivity contribution in [1.82, 2.24) is 15.1 Å². The van der Waals surface area contributed by atoms with Gasteiger partial charge in [0.25, 0.3) is 0 Å². The minimum absolute atomic E-state index is 0.0787. The number of nitrogens with one attached hydrogen (secondary N) is 1. The van der Waals surface area contributed by atoms with Crippen LogP contribution < -0.4 is 10.2 Å². The van der Waals surface area contributed by atoms with Crippen molar-refractivity contribution in [3.8, 4) is 5.69 Å². The maximum absolute atomic E-state index is 14.3. The van der Waals surface area contributed by atoms with Crippen molar-refractivity contribution in [2.24, 2.45) is 5.92 Å². The number of carbonyl (C=O) groups excluding carboxylic acids is 2. The SMILES string of the molecule is Cc1ccc(C(CCCC2CCC3(CC2)OC(=O)N(C)c2ccc(F)cc23)C(=O)NCc2ccc(-n3cccn3)cc2)cc1I1CC1. The molecule has 1 saturated carbocycles. The standard InChI is InChI=1S/C38H42FIN4O3/c1-26-7-10-29(23-34(26)40-19-20-40)32(36(45)41-25-28-8-12-31(13-9-28)44-22-4-21-42-44)6-3-5-27-15-17-38(18-16-27)33-24-30(39)11-14-35(33)43(2)37(46)47-38/h4,7-14,21-24,27,32H,3,5-6,15-20,25H2,1-2H3,(H,41,45). The molecule has 7 rings (SSSR count). The number of rotatable bonds is 10. The molecular formula is C38H42FIN4O3. The van der Waals surface area contributed by atoms with E-state index >= 15 is 0 Å². The molecule has 47 heavy (non-hydrogen) atoms. The molecule has 4 aromatic rings. The first-order valence-electron chi connectivity index (χ1n) is 16.7. The van der Waals surface area contributed by atoms with Gasteiger partial charge in [0.2, 0.25) is 0 Å². The molecular weight excluding hydrogens is 706 g/mol. The molecule has 3 heterocycles. The summed E-state index contributed by atoms with van der Waals surface area (Å²) in [4.78, 5) is 28.0. The first-order valence-corrected chi connectivity index (χ1v) is 20.8. The van der Waals surface area contributed by atoms with Gasteiger partial charge < -0.3 is 0 Å². The quantitative estimate of drug-likeness (QED) is 0.131. The maximum atomic E-state index is 14.3. The summed E-state index contributed by atoms with van der Waals surface area (Å²) in [7, 11) is 1.67. The molecule has 0 bridgehead atoms. The van der Waals surface area contributed by atoms with Gasteiger partial charge in [-0.05, 0) is 24.3 Å². The molecule has 1 saturated heterocycles. The number of alkyl halides is 2. The number of halogens is 2. The van der Waals surface area contributed by atoms with Crippen molar-refractivity contribution in [1.29, 1.82) is 0 Å². The monoisotopic (exact) mass is 748 g/mol. The number of hydrogen-bond donors (Lipinski definition) is 1. The Morgan fingerprint density at radius 1 is 1.11 bits per heavy atom. The Hall–Kier alpha value is -3.73. The van der Waals surface area contributed by atoms with Crippen LogP contribution in [0, 0.1) is 22.2 Å². The minimum atomic E-state index is -0.998. The van der Waals surface area contributed by atoms with Gasteiger partial charge in [-0.3, -0.25) is 4.90 Å². The molecule has 1 aliphatic carbocycles. The van der Waals surface area contributed by atoms with Crippen LogP contribution in [0.2, 0.25) is 0 Å². The van der Waals surface area contributed by atoms with Gasteiger partial charge in [-0.15, -0.1) is 0 Å². The second-order valence-electron chi connectivity index (χ2n) is 13.2. The van der Waals surface area contributed by atoms with Crippen LogP contribution in [-0.4, -0.2) is 37.7 Å². The zero-order valence-electron chi connectivity index (χ0n) is 27.1. The van der Waals surface area contributed by atoms with Gasteiger partial charge in [-0.2, -0.15) is 5.10 Å². The van der Waals surface area contributed by atoms with Gasteiger partial charge in [0.1, 0.15) is 5.82 Å². The Morgan fingerprint density at radius 3 is 2.62 bits per heavy atom. The Kier molecular flexibility index (Phi) is 9.09. The normalized spacial score (nSPS) is 21.7. The number of amides is 2. The van der Waals surface area contributed by atoms with E-state index in [0.29, 0.717) is 25.3 Å².